The lowest BCUT2D eigenvalue weighted by atomic mass is 10.0. The van der Waals surface area contributed by atoms with E-state index < -0.39 is 6.04 Å². The Hall–Kier alpha value is -2.73. The lowest BCUT2D eigenvalue weighted by molar-refractivity contribution is -0.141. The maximum Gasteiger partial charge on any atom is 0.243 e. The molecule has 0 radical (unpaired) electrons. The molecular weight excluding hydrogens is 383 g/mol. The highest BCUT2D eigenvalue weighted by atomic mass is 19.1. The van der Waals surface area contributed by atoms with Crippen LogP contribution < -0.4 is 5.32 Å². The highest BCUT2D eigenvalue weighted by Gasteiger charge is 2.29. The molecule has 1 N–H and O–H groups in total. The zero-order chi connectivity index (χ0) is 21.8. The Morgan fingerprint density at radius 3 is 2.40 bits per heavy atom. The molecule has 0 aliphatic carbocycles. The molecular formula is C24H31FN2O3. The maximum absolute atomic E-state index is 13.3. The largest absolute Gasteiger partial charge is 0.385 e. The smallest absolute Gasteiger partial charge is 0.243 e. The third-order valence-corrected chi connectivity index (χ3v) is 4.83. The number of amides is 2. The standard InChI is InChI=1S/C24H31FN2O3/c1-3-8-23(28)27(18-20-11-13-21(25)14-12-20)22(17-19-9-5-4-6-10-19)24(29)26-15-7-16-30-2/h4-6,9-14,22H,3,7-8,15-18H2,1-2H3,(H,26,29)/t22-/m1/s1. The second kappa shape index (κ2) is 12.8. The Kier molecular flexibility index (Phi) is 10.0. The van der Waals surface area contributed by atoms with Crippen LogP contribution >= 0.6 is 0 Å². The molecule has 5 nitrogen and oxygen atoms in total. The van der Waals surface area contributed by atoms with Crippen LogP contribution in [-0.2, 0) is 27.3 Å². The summed E-state index contributed by atoms with van der Waals surface area (Å²) in [6.07, 6.45) is 2.14. The van der Waals surface area contributed by atoms with Crippen molar-refractivity contribution in [2.75, 3.05) is 20.3 Å². The van der Waals surface area contributed by atoms with Crippen molar-refractivity contribution in [3.63, 3.8) is 0 Å². The minimum Gasteiger partial charge on any atom is -0.385 e. The Balaban J connectivity index is 2.27. The summed E-state index contributed by atoms with van der Waals surface area (Å²) in [5.41, 5.74) is 1.76. The van der Waals surface area contributed by atoms with Crippen LogP contribution in [0.4, 0.5) is 4.39 Å². The first-order valence-corrected chi connectivity index (χ1v) is 10.4. The number of hydrogen-bond donors (Lipinski definition) is 1. The van der Waals surface area contributed by atoms with Crippen molar-refractivity contribution < 1.29 is 18.7 Å². The first kappa shape index (κ1) is 23.5. The number of benzene rings is 2. The molecule has 162 valence electrons. The van der Waals surface area contributed by atoms with Crippen LogP contribution in [0.1, 0.15) is 37.3 Å². The van der Waals surface area contributed by atoms with Gasteiger partial charge in [-0.3, -0.25) is 9.59 Å². The van der Waals surface area contributed by atoms with E-state index in [0.29, 0.717) is 38.8 Å². The minimum absolute atomic E-state index is 0.0882. The van der Waals surface area contributed by atoms with Crippen LogP contribution in [0.25, 0.3) is 0 Å². The van der Waals surface area contributed by atoms with Crippen LogP contribution in [0.3, 0.4) is 0 Å². The molecule has 0 fully saturated rings. The SMILES string of the molecule is CCCC(=O)N(Cc1ccc(F)cc1)[C@H](Cc1ccccc1)C(=O)NCCCOC. The van der Waals surface area contributed by atoms with Gasteiger partial charge < -0.3 is 15.0 Å². The first-order valence-electron chi connectivity index (χ1n) is 10.4. The molecule has 6 heteroatoms. The Bertz CT molecular complexity index is 781. The average Bonchev–Trinajstić information content (AvgIpc) is 2.75. The molecule has 2 aromatic rings. The number of methoxy groups -OCH3 is 1. The van der Waals surface area contributed by atoms with E-state index in [1.165, 1.54) is 12.1 Å². The molecule has 1 atom stereocenters. The second-order valence-electron chi connectivity index (χ2n) is 7.24. The van der Waals surface area contributed by atoms with Crippen molar-refractivity contribution in [2.45, 2.75) is 45.2 Å². The van der Waals surface area contributed by atoms with Crippen LogP contribution in [-0.4, -0.2) is 43.0 Å². The zero-order valence-electron chi connectivity index (χ0n) is 17.8. The van der Waals surface area contributed by atoms with E-state index >= 15 is 0 Å². The van der Waals surface area contributed by atoms with Gasteiger partial charge in [-0.25, -0.2) is 4.39 Å². The molecule has 0 saturated carbocycles. The summed E-state index contributed by atoms with van der Waals surface area (Å²) in [7, 11) is 1.62. The van der Waals surface area contributed by atoms with Crippen molar-refractivity contribution in [2.24, 2.45) is 0 Å². The highest BCUT2D eigenvalue weighted by molar-refractivity contribution is 5.88. The molecule has 2 rings (SSSR count). The van der Waals surface area contributed by atoms with E-state index in [-0.39, 0.29) is 24.2 Å². The predicted octanol–water partition coefficient (Wildman–Crippen LogP) is 3.72. The van der Waals surface area contributed by atoms with Gasteiger partial charge in [0.25, 0.3) is 0 Å². The summed E-state index contributed by atoms with van der Waals surface area (Å²) >= 11 is 0. The Labute approximate surface area is 178 Å². The maximum atomic E-state index is 13.3. The number of rotatable bonds is 12. The quantitative estimate of drug-likeness (QED) is 0.539. The normalized spacial score (nSPS) is 11.7. The molecule has 2 aromatic carbocycles. The van der Waals surface area contributed by atoms with Gasteiger partial charge in [0.2, 0.25) is 11.8 Å². The number of nitrogens with one attached hydrogen (secondary N) is 1. The highest BCUT2D eigenvalue weighted by Crippen LogP contribution is 2.16. The molecule has 0 bridgehead atoms. The minimum atomic E-state index is -0.654. The van der Waals surface area contributed by atoms with Crippen molar-refractivity contribution >= 4 is 11.8 Å². The number of ether oxygens (including phenoxy) is 1. The fraction of sp³-hybridized carbons (Fsp3) is 0.417. The fourth-order valence-electron chi connectivity index (χ4n) is 3.24. The number of hydrogen-bond acceptors (Lipinski definition) is 3. The Morgan fingerprint density at radius 1 is 1.07 bits per heavy atom. The van der Waals surface area contributed by atoms with Gasteiger partial charge in [0.05, 0.1) is 0 Å². The van der Waals surface area contributed by atoms with E-state index in [9.17, 15) is 14.0 Å². The van der Waals surface area contributed by atoms with Crippen LogP contribution in [0.15, 0.2) is 54.6 Å². The lowest BCUT2D eigenvalue weighted by Crippen LogP contribution is -2.50. The molecule has 0 aliphatic heterocycles. The van der Waals surface area contributed by atoms with Gasteiger partial charge in [-0.2, -0.15) is 0 Å². The van der Waals surface area contributed by atoms with Gasteiger partial charge in [-0.05, 0) is 36.1 Å². The summed E-state index contributed by atoms with van der Waals surface area (Å²) in [6.45, 7) is 3.22. The van der Waals surface area contributed by atoms with E-state index in [0.717, 1.165) is 11.1 Å². The molecule has 0 unspecified atom stereocenters. The molecule has 0 saturated heterocycles. The van der Waals surface area contributed by atoms with E-state index in [1.807, 2.05) is 37.3 Å². The van der Waals surface area contributed by atoms with Crippen molar-refractivity contribution in [1.29, 1.82) is 0 Å². The van der Waals surface area contributed by atoms with Gasteiger partial charge in [-0.15, -0.1) is 0 Å². The second-order valence-corrected chi connectivity index (χ2v) is 7.24. The van der Waals surface area contributed by atoms with Gasteiger partial charge in [0.1, 0.15) is 11.9 Å². The number of carbonyl (C=O) groups is 2. The van der Waals surface area contributed by atoms with E-state index in [1.54, 1.807) is 24.1 Å². The molecule has 2 amide bonds. The summed E-state index contributed by atoms with van der Waals surface area (Å²) in [6, 6.07) is 15.0. The van der Waals surface area contributed by atoms with Crippen molar-refractivity contribution in [3.05, 3.63) is 71.5 Å². The monoisotopic (exact) mass is 414 g/mol. The van der Waals surface area contributed by atoms with E-state index in [4.69, 9.17) is 4.74 Å². The molecule has 0 spiro atoms. The van der Waals surface area contributed by atoms with Gasteiger partial charge >= 0.3 is 0 Å². The van der Waals surface area contributed by atoms with Gasteiger partial charge in [0.15, 0.2) is 0 Å². The molecule has 30 heavy (non-hydrogen) atoms. The predicted molar refractivity (Wildman–Crippen MR) is 115 cm³/mol. The molecule has 0 aromatic heterocycles. The average molecular weight is 415 g/mol. The van der Waals surface area contributed by atoms with Crippen LogP contribution in [0.2, 0.25) is 0 Å². The number of nitrogens with zero attached hydrogens (tertiary/aromatic N) is 1. The molecule has 0 aliphatic rings. The first-order chi connectivity index (χ1) is 14.5. The van der Waals surface area contributed by atoms with Crippen molar-refractivity contribution in [3.8, 4) is 0 Å². The van der Waals surface area contributed by atoms with Gasteiger partial charge in [0, 0.05) is 39.6 Å². The lowest BCUT2D eigenvalue weighted by Gasteiger charge is -2.31. The Morgan fingerprint density at radius 2 is 1.77 bits per heavy atom. The summed E-state index contributed by atoms with van der Waals surface area (Å²) in [4.78, 5) is 27.7. The number of carbonyl (C=O) groups excluding carboxylic acids is 2. The number of halogens is 1. The van der Waals surface area contributed by atoms with Gasteiger partial charge in [-0.1, -0.05) is 49.4 Å². The topological polar surface area (TPSA) is 58.6 Å². The van der Waals surface area contributed by atoms with Crippen LogP contribution in [0, 0.1) is 5.82 Å². The summed E-state index contributed by atoms with van der Waals surface area (Å²) in [5.74, 6) is -0.613. The molecule has 0 heterocycles. The van der Waals surface area contributed by atoms with E-state index in [2.05, 4.69) is 5.32 Å². The zero-order valence-corrected chi connectivity index (χ0v) is 17.8. The van der Waals surface area contributed by atoms with Crippen LogP contribution in [0.5, 0.6) is 0 Å². The summed E-state index contributed by atoms with van der Waals surface area (Å²) < 4.78 is 18.4. The van der Waals surface area contributed by atoms with Crippen molar-refractivity contribution in [1.82, 2.24) is 10.2 Å². The third-order valence-electron chi connectivity index (χ3n) is 4.83. The third kappa shape index (κ3) is 7.59. The summed E-state index contributed by atoms with van der Waals surface area (Å²) in [5, 5.41) is 2.94. The fourth-order valence-corrected chi connectivity index (χ4v) is 3.24.